The van der Waals surface area contributed by atoms with Gasteiger partial charge in [-0.2, -0.15) is 0 Å². The van der Waals surface area contributed by atoms with E-state index in [1.165, 1.54) is 24.3 Å². The predicted molar refractivity (Wildman–Crippen MR) is 418 cm³/mol. The summed E-state index contributed by atoms with van der Waals surface area (Å²) in [6.07, 6.45) is 22.2. The van der Waals surface area contributed by atoms with Crippen LogP contribution in [0.2, 0.25) is 0 Å². The summed E-state index contributed by atoms with van der Waals surface area (Å²) in [5.74, 6) is -1.81. The van der Waals surface area contributed by atoms with E-state index >= 15 is 0 Å². The van der Waals surface area contributed by atoms with Crippen LogP contribution in [-0.4, -0.2) is 120 Å². The molecule has 112 heavy (non-hydrogen) atoms. The van der Waals surface area contributed by atoms with Crippen molar-refractivity contribution < 1.29 is 111 Å². The number of carboxylic acid groups (broad SMARTS) is 1. The molecule has 23 nitrogen and oxygen atoms in total. The Hall–Kier alpha value is -10.6. The number of hydrogen-bond acceptors (Lipinski definition) is 22. The lowest BCUT2D eigenvalue weighted by Crippen LogP contribution is -2.30. The van der Waals surface area contributed by atoms with Gasteiger partial charge in [0.25, 0.3) is 0 Å². The second kappa shape index (κ2) is 51.1. The maximum atomic E-state index is 13.2. The third-order valence-corrected chi connectivity index (χ3v) is 19.6. The van der Waals surface area contributed by atoms with E-state index in [4.69, 9.17) is 62.7 Å². The molecule has 3 fully saturated rings. The minimum absolute atomic E-state index is 0.156. The molecule has 0 radical (unpaired) electrons. The Morgan fingerprint density at radius 1 is 0.438 bits per heavy atom. The third kappa shape index (κ3) is 35.6. The normalized spacial score (nSPS) is 17.2. The number of carbonyl (C=O) groups excluding carboxylic acids is 9. The van der Waals surface area contributed by atoms with Crippen LogP contribution in [0, 0.1) is 31.6 Å². The van der Waals surface area contributed by atoms with E-state index in [1.54, 1.807) is 32.0 Å². The van der Waals surface area contributed by atoms with Crippen LogP contribution in [-0.2, 0) is 95.6 Å². The van der Waals surface area contributed by atoms with Gasteiger partial charge in [-0.1, -0.05) is 68.3 Å². The number of carboxylic acids is 1. The molecule has 0 aliphatic heterocycles. The number of esters is 8. The van der Waals surface area contributed by atoms with E-state index in [2.05, 4.69) is 19.7 Å². The summed E-state index contributed by atoms with van der Waals surface area (Å²) in [7, 11) is 0. The molecule has 5 aromatic carbocycles. The van der Waals surface area contributed by atoms with Crippen molar-refractivity contribution in [3.8, 4) is 34.5 Å². The Bertz CT molecular complexity index is 3780. The van der Waals surface area contributed by atoms with Crippen LogP contribution >= 0.6 is 0 Å². The van der Waals surface area contributed by atoms with E-state index < -0.39 is 24.0 Å². The van der Waals surface area contributed by atoms with Gasteiger partial charge in [0.2, 0.25) is 0 Å². The fourth-order valence-electron chi connectivity index (χ4n) is 13.0. The SMILES string of the molecule is C=CC(=O)OCCCCCCOc1ccc(CCC(=O)OC2CCC(C(=O)O)CC2)cc1.C=CC(=O)OCCCCCCOc1ccc(CCC(=O)OC2CCC(C(=O)Oc3ccc(OC(=O)C4CCC(OC(=O)CCc5ccc(C(CCCCC=O)OC(=O)C=C)cc5)CC4)cc3C)CC2)cc1.Cc1cc(O)ccc1O. The number of phenols is 2. The molecule has 1 unspecified atom stereocenters. The van der Waals surface area contributed by atoms with E-state index in [9.17, 15) is 47.9 Å². The topological polar surface area (TPSA) is 324 Å². The molecular formula is C89H112O23. The summed E-state index contributed by atoms with van der Waals surface area (Å²) in [5, 5.41) is 26.8. The smallest absolute Gasteiger partial charge is 0.330 e. The summed E-state index contributed by atoms with van der Waals surface area (Å²) in [5.41, 5.74) is 5.16. The van der Waals surface area contributed by atoms with Crippen LogP contribution in [0.5, 0.6) is 34.5 Å². The molecule has 0 spiro atoms. The summed E-state index contributed by atoms with van der Waals surface area (Å²) in [4.78, 5) is 119. The first kappa shape index (κ1) is 90.3. The van der Waals surface area contributed by atoms with E-state index in [0.29, 0.717) is 171 Å². The largest absolute Gasteiger partial charge is 0.508 e. The van der Waals surface area contributed by atoms with Crippen LogP contribution in [0.1, 0.15) is 213 Å². The molecule has 3 saturated carbocycles. The van der Waals surface area contributed by atoms with Crippen molar-refractivity contribution in [3.63, 3.8) is 0 Å². The van der Waals surface area contributed by atoms with Gasteiger partial charge in [-0.05, 0) is 275 Å². The van der Waals surface area contributed by atoms with Crippen LogP contribution in [0.15, 0.2) is 147 Å². The number of aryl methyl sites for hydroxylation is 5. The van der Waals surface area contributed by atoms with E-state index in [1.807, 2.05) is 72.8 Å². The van der Waals surface area contributed by atoms with Gasteiger partial charge in [-0.25, -0.2) is 14.4 Å². The molecule has 3 aliphatic carbocycles. The first-order valence-electron chi connectivity index (χ1n) is 39.3. The number of benzene rings is 5. The zero-order valence-corrected chi connectivity index (χ0v) is 64.9. The lowest BCUT2D eigenvalue weighted by Gasteiger charge is -2.27. The fourth-order valence-corrected chi connectivity index (χ4v) is 13.0. The second-order valence-corrected chi connectivity index (χ2v) is 28.3. The average Bonchev–Trinajstić information content (AvgIpc) is 0.838. The van der Waals surface area contributed by atoms with Crippen molar-refractivity contribution in [3.05, 3.63) is 181 Å². The van der Waals surface area contributed by atoms with Gasteiger partial charge >= 0.3 is 53.7 Å². The standard InChI is InChI=1S/C57H70O14.C25H34O7.C7H8O2/c1-4-52(59)66-38-12-7-6-11-37-65-46-26-16-42(17-27-46)19-35-55(62)68-48-30-24-45(25-31-48)57(64)71-50-33-32-49(39-40(50)3)69-56(63)44-22-28-47(29-23-44)67-54(61)34-18-41-14-20-43(21-15-41)51(70-53(60)5-2)13-9-8-10-36-58;1-2-23(26)31-18-6-4-3-5-17-30-21-12-7-19(8-13-21)9-16-24(27)32-22-14-10-20(11-15-22)25(28)29;1-5-4-6(8)2-3-7(5)9/h4-5,14-17,20-21,26-27,32-33,36,39,44-45,47-48,51H,1-2,6-13,18-19,22-25,28-31,34-35,37-38H2,3H3;2,7-8,12-13,20,22H,1,3-6,9-11,14-18H2,(H,28,29);2-4,8-9H,1H3. The first-order valence-corrected chi connectivity index (χ1v) is 39.3. The van der Waals surface area contributed by atoms with Crippen molar-refractivity contribution in [1.29, 1.82) is 0 Å². The molecule has 8 rings (SSSR count). The van der Waals surface area contributed by atoms with Gasteiger partial charge in [-0.15, -0.1) is 0 Å². The highest BCUT2D eigenvalue weighted by Gasteiger charge is 2.33. The molecule has 1 atom stereocenters. The lowest BCUT2D eigenvalue weighted by atomic mass is 9.87. The zero-order valence-electron chi connectivity index (χ0n) is 64.9. The molecule has 0 bridgehead atoms. The maximum absolute atomic E-state index is 13.2. The Kier molecular flexibility index (Phi) is 41.2. The van der Waals surface area contributed by atoms with Gasteiger partial charge in [-0.3, -0.25) is 28.8 Å². The Balaban J connectivity index is 0.000000389. The van der Waals surface area contributed by atoms with Crippen LogP contribution in [0.25, 0.3) is 0 Å². The van der Waals surface area contributed by atoms with E-state index in [0.717, 1.165) is 110 Å². The highest BCUT2D eigenvalue weighted by molar-refractivity contribution is 5.82. The molecule has 0 saturated heterocycles. The van der Waals surface area contributed by atoms with E-state index in [-0.39, 0.29) is 96.2 Å². The van der Waals surface area contributed by atoms with Gasteiger partial charge in [0.05, 0.1) is 44.2 Å². The van der Waals surface area contributed by atoms with Crippen LogP contribution in [0.4, 0.5) is 0 Å². The maximum Gasteiger partial charge on any atom is 0.330 e. The highest BCUT2D eigenvalue weighted by atomic mass is 16.6. The molecule has 0 heterocycles. The summed E-state index contributed by atoms with van der Waals surface area (Å²) >= 11 is 0. The van der Waals surface area contributed by atoms with Gasteiger partial charge in [0.1, 0.15) is 65.2 Å². The third-order valence-electron chi connectivity index (χ3n) is 19.6. The number of hydrogen-bond donors (Lipinski definition) is 3. The molecule has 0 amide bonds. The average molecular weight is 1550 g/mol. The molecule has 606 valence electrons. The van der Waals surface area contributed by atoms with Crippen molar-refractivity contribution in [1.82, 2.24) is 0 Å². The first-order chi connectivity index (χ1) is 54.1. The van der Waals surface area contributed by atoms with Crippen molar-refractivity contribution in [2.45, 2.75) is 231 Å². The summed E-state index contributed by atoms with van der Waals surface area (Å²) in [6, 6.07) is 32.3. The number of phenolic OH excluding ortho intramolecular Hbond substituents is 2. The molecule has 23 heteroatoms. The lowest BCUT2D eigenvalue weighted by molar-refractivity contribution is -0.154. The summed E-state index contributed by atoms with van der Waals surface area (Å²) in [6.45, 7) is 15.8. The number of aliphatic carboxylic acids is 1. The van der Waals surface area contributed by atoms with Crippen LogP contribution in [0.3, 0.4) is 0 Å². The molecular weight excluding hydrogens is 1440 g/mol. The van der Waals surface area contributed by atoms with Crippen molar-refractivity contribution in [2.75, 3.05) is 26.4 Å². The minimum Gasteiger partial charge on any atom is -0.508 e. The summed E-state index contributed by atoms with van der Waals surface area (Å²) < 4.78 is 55.5. The van der Waals surface area contributed by atoms with Gasteiger partial charge < -0.3 is 67.5 Å². The number of ether oxygens (including phenoxy) is 10. The molecule has 5 aromatic rings. The molecule has 3 aliphatic rings. The molecule has 3 N–H and O–H groups in total. The number of carbonyl (C=O) groups is 10. The second-order valence-electron chi connectivity index (χ2n) is 28.3. The number of rotatable bonds is 43. The van der Waals surface area contributed by atoms with Crippen molar-refractivity contribution >= 4 is 60.0 Å². The van der Waals surface area contributed by atoms with Crippen LogP contribution < -0.4 is 18.9 Å². The van der Waals surface area contributed by atoms with Crippen molar-refractivity contribution in [2.24, 2.45) is 17.8 Å². The number of aldehydes is 1. The Morgan fingerprint density at radius 2 is 0.848 bits per heavy atom. The highest BCUT2D eigenvalue weighted by Crippen LogP contribution is 2.34. The molecule has 0 aromatic heterocycles. The quantitative estimate of drug-likeness (QED) is 0.00621. The minimum atomic E-state index is -0.758. The Labute approximate surface area is 657 Å². The monoisotopic (exact) mass is 1550 g/mol. The number of aromatic hydroxyl groups is 2. The fraction of sp³-hybridized carbons (Fsp3) is 0.483. The van der Waals surface area contributed by atoms with Gasteiger partial charge in [0.15, 0.2) is 0 Å². The zero-order chi connectivity index (χ0) is 80.8. The predicted octanol–water partition coefficient (Wildman–Crippen LogP) is 16.4. The Morgan fingerprint density at radius 3 is 1.25 bits per heavy atom. The number of unbranched alkanes of at least 4 members (excludes halogenated alkanes) is 8. The van der Waals surface area contributed by atoms with Gasteiger partial charge in [0, 0.05) is 43.9 Å².